The first-order valence-corrected chi connectivity index (χ1v) is 8.74. The largest absolute Gasteiger partial charge is 0.324 e. The Morgan fingerprint density at radius 1 is 1.15 bits per heavy atom. The van der Waals surface area contributed by atoms with Gasteiger partial charge in [-0.25, -0.2) is 9.82 Å². The van der Waals surface area contributed by atoms with Gasteiger partial charge in [0.05, 0.1) is 6.04 Å². The second kappa shape index (κ2) is 7.20. The number of anilines is 1. The Hall–Kier alpha value is -3.19. The van der Waals surface area contributed by atoms with E-state index in [1.54, 1.807) is 23.5 Å². The van der Waals surface area contributed by atoms with Crippen LogP contribution in [0.5, 0.6) is 0 Å². The van der Waals surface area contributed by atoms with Crippen molar-refractivity contribution in [1.29, 1.82) is 0 Å². The van der Waals surface area contributed by atoms with Gasteiger partial charge in [-0.2, -0.15) is 0 Å². The summed E-state index contributed by atoms with van der Waals surface area (Å²) in [6, 6.07) is 15.3. The molecule has 27 heavy (non-hydrogen) atoms. The summed E-state index contributed by atoms with van der Waals surface area (Å²) >= 11 is 0. The predicted octanol–water partition coefficient (Wildman–Crippen LogP) is 2.40. The second-order valence-corrected chi connectivity index (χ2v) is 6.57. The Bertz CT molecular complexity index is 887. The molecular formula is C20H19FN4O2. The zero-order chi connectivity index (χ0) is 18.8. The lowest BCUT2D eigenvalue weighted by molar-refractivity contribution is -0.137. The molecule has 138 valence electrons. The maximum atomic E-state index is 13.2. The van der Waals surface area contributed by atoms with Crippen molar-refractivity contribution in [2.24, 2.45) is 0 Å². The quantitative estimate of drug-likeness (QED) is 0.872. The number of carbonyl (C=O) groups is 2. The average Bonchev–Trinajstić information content (AvgIpc) is 3.10. The molecule has 2 N–H and O–H groups in total. The van der Waals surface area contributed by atoms with Crippen LogP contribution in [0.1, 0.15) is 18.0 Å². The van der Waals surface area contributed by atoms with E-state index >= 15 is 0 Å². The molecule has 2 aromatic carbocycles. The summed E-state index contributed by atoms with van der Waals surface area (Å²) in [7, 11) is 0. The molecule has 2 heterocycles. The summed E-state index contributed by atoms with van der Waals surface area (Å²) in [6.45, 7) is -0.119. The van der Waals surface area contributed by atoms with Crippen molar-refractivity contribution in [2.45, 2.75) is 18.5 Å². The summed E-state index contributed by atoms with van der Waals surface area (Å²) in [5.74, 6) is -0.947. The molecule has 0 spiro atoms. The Morgan fingerprint density at radius 3 is 2.74 bits per heavy atom. The van der Waals surface area contributed by atoms with Gasteiger partial charge in [0, 0.05) is 18.1 Å². The Balaban J connectivity index is 1.40. The smallest absolute Gasteiger partial charge is 0.251 e. The number of hydrogen-bond donors (Lipinski definition) is 2. The molecule has 6 nitrogen and oxygen atoms in total. The van der Waals surface area contributed by atoms with Gasteiger partial charge in [-0.05, 0) is 30.2 Å². The van der Waals surface area contributed by atoms with E-state index < -0.39 is 5.82 Å². The van der Waals surface area contributed by atoms with E-state index in [0.29, 0.717) is 12.1 Å². The number of fused-ring (bicyclic) bond motifs is 1. The van der Waals surface area contributed by atoms with Crippen LogP contribution in [0.25, 0.3) is 0 Å². The van der Waals surface area contributed by atoms with Gasteiger partial charge in [-0.3, -0.25) is 9.59 Å². The van der Waals surface area contributed by atoms with Gasteiger partial charge in [0.2, 0.25) is 5.91 Å². The fourth-order valence-corrected chi connectivity index (χ4v) is 3.39. The molecule has 0 radical (unpaired) electrons. The van der Waals surface area contributed by atoms with Crippen LogP contribution in [-0.2, 0) is 9.59 Å². The third kappa shape index (κ3) is 3.68. The number of carbonyl (C=O) groups excluding carboxylic acids is 2. The van der Waals surface area contributed by atoms with Gasteiger partial charge in [-0.1, -0.05) is 36.4 Å². The minimum atomic E-state index is -0.429. The molecule has 2 aromatic rings. The Morgan fingerprint density at radius 2 is 1.96 bits per heavy atom. The van der Waals surface area contributed by atoms with Gasteiger partial charge in [-0.15, -0.1) is 0 Å². The molecule has 0 saturated carbocycles. The fraction of sp³-hybridized carbons (Fsp3) is 0.200. The summed E-state index contributed by atoms with van der Waals surface area (Å²) in [5.41, 5.74) is 4.79. The third-order valence-corrected chi connectivity index (χ3v) is 4.70. The number of hydrogen-bond acceptors (Lipinski definition) is 4. The highest BCUT2D eigenvalue weighted by molar-refractivity contribution is 5.96. The zero-order valence-corrected chi connectivity index (χ0v) is 14.5. The van der Waals surface area contributed by atoms with Crippen LogP contribution in [0.3, 0.4) is 0 Å². The number of rotatable bonds is 4. The molecule has 0 aromatic heterocycles. The van der Waals surface area contributed by atoms with Gasteiger partial charge in [0.1, 0.15) is 18.4 Å². The van der Waals surface area contributed by atoms with Crippen LogP contribution in [0.15, 0.2) is 67.0 Å². The second-order valence-electron chi connectivity index (χ2n) is 6.57. The molecule has 4 rings (SSSR count). The van der Waals surface area contributed by atoms with Crippen LogP contribution < -0.4 is 10.7 Å². The monoisotopic (exact) mass is 366 g/mol. The number of hydrazine groups is 1. The SMILES string of the molecule is O=C(CN1C=CN2NC(c3ccccc3)CC2C1=O)Nc1cccc(F)c1. The van der Waals surface area contributed by atoms with E-state index in [1.165, 1.54) is 23.1 Å². The number of amides is 2. The number of nitrogens with zero attached hydrogens (tertiary/aromatic N) is 2. The van der Waals surface area contributed by atoms with Crippen LogP contribution in [0, 0.1) is 5.82 Å². The minimum absolute atomic E-state index is 0.0471. The summed E-state index contributed by atoms with van der Waals surface area (Å²) in [6.07, 6.45) is 3.98. The molecule has 1 saturated heterocycles. The number of nitrogens with one attached hydrogen (secondary N) is 2. The lowest BCUT2D eigenvalue weighted by atomic mass is 10.0. The molecule has 2 amide bonds. The van der Waals surface area contributed by atoms with Gasteiger partial charge < -0.3 is 15.2 Å². The van der Waals surface area contributed by atoms with Crippen molar-refractivity contribution in [3.8, 4) is 0 Å². The maximum Gasteiger partial charge on any atom is 0.251 e. The average molecular weight is 366 g/mol. The summed E-state index contributed by atoms with van der Waals surface area (Å²) in [5, 5.41) is 4.40. The predicted molar refractivity (Wildman–Crippen MR) is 98.4 cm³/mol. The van der Waals surface area contributed by atoms with Crippen LogP contribution in [0.2, 0.25) is 0 Å². The Labute approximate surface area is 156 Å². The highest BCUT2D eigenvalue weighted by Gasteiger charge is 2.40. The van der Waals surface area contributed by atoms with Crippen molar-refractivity contribution in [2.75, 3.05) is 11.9 Å². The first-order valence-electron chi connectivity index (χ1n) is 8.74. The van der Waals surface area contributed by atoms with E-state index in [1.807, 2.05) is 30.3 Å². The van der Waals surface area contributed by atoms with E-state index in [-0.39, 0.29) is 30.4 Å². The highest BCUT2D eigenvalue weighted by Crippen LogP contribution is 2.30. The van der Waals surface area contributed by atoms with Crippen molar-refractivity contribution in [3.63, 3.8) is 0 Å². The van der Waals surface area contributed by atoms with Crippen molar-refractivity contribution >= 4 is 17.5 Å². The van der Waals surface area contributed by atoms with Crippen LogP contribution in [-0.4, -0.2) is 34.3 Å². The van der Waals surface area contributed by atoms with E-state index in [9.17, 15) is 14.0 Å². The van der Waals surface area contributed by atoms with E-state index in [2.05, 4.69) is 10.7 Å². The minimum Gasteiger partial charge on any atom is -0.324 e. The van der Waals surface area contributed by atoms with E-state index in [4.69, 9.17) is 0 Å². The zero-order valence-electron chi connectivity index (χ0n) is 14.5. The van der Waals surface area contributed by atoms with Crippen LogP contribution >= 0.6 is 0 Å². The molecule has 1 fully saturated rings. The lowest BCUT2D eigenvalue weighted by Crippen LogP contribution is -2.49. The number of halogens is 1. The molecule has 2 unspecified atom stereocenters. The summed E-state index contributed by atoms with van der Waals surface area (Å²) in [4.78, 5) is 26.4. The Kier molecular flexibility index (Phi) is 4.60. The molecule has 2 atom stereocenters. The third-order valence-electron chi connectivity index (χ3n) is 4.70. The normalized spacial score (nSPS) is 21.3. The molecule has 2 aliphatic rings. The first kappa shape index (κ1) is 17.2. The van der Waals surface area contributed by atoms with Gasteiger partial charge in [0.25, 0.3) is 5.91 Å². The molecule has 7 heteroatoms. The van der Waals surface area contributed by atoms with Crippen molar-refractivity contribution in [1.82, 2.24) is 15.3 Å². The number of benzene rings is 2. The van der Waals surface area contributed by atoms with Crippen molar-refractivity contribution < 1.29 is 14.0 Å². The lowest BCUT2D eigenvalue weighted by Gasteiger charge is -2.31. The van der Waals surface area contributed by atoms with E-state index in [0.717, 1.165) is 5.56 Å². The molecule has 2 aliphatic heterocycles. The molecule has 0 bridgehead atoms. The fourth-order valence-electron chi connectivity index (χ4n) is 3.39. The van der Waals surface area contributed by atoms with Crippen molar-refractivity contribution in [3.05, 3.63) is 78.4 Å². The van der Waals surface area contributed by atoms with Gasteiger partial charge >= 0.3 is 0 Å². The highest BCUT2D eigenvalue weighted by atomic mass is 19.1. The maximum absolute atomic E-state index is 13.2. The van der Waals surface area contributed by atoms with Gasteiger partial charge in [0.15, 0.2) is 0 Å². The standard InChI is InChI=1S/C20H19FN4O2/c21-15-7-4-8-16(11-15)22-19(26)13-24-9-10-25-18(20(24)27)12-17(23-25)14-5-2-1-3-6-14/h1-11,17-18,23H,12-13H2,(H,22,26). The first-order chi connectivity index (χ1) is 13.1. The summed E-state index contributed by atoms with van der Waals surface area (Å²) < 4.78 is 13.2. The topological polar surface area (TPSA) is 64.7 Å². The van der Waals surface area contributed by atoms with Crippen LogP contribution in [0.4, 0.5) is 10.1 Å². The molecular weight excluding hydrogens is 347 g/mol. The molecule has 0 aliphatic carbocycles.